The maximum Gasteiger partial charge on any atom is 0.408 e. The van der Waals surface area contributed by atoms with Crippen LogP contribution in [0.15, 0.2) is 70.1 Å². The highest BCUT2D eigenvalue weighted by atomic mass is 16.6. The number of carbonyl (C=O) groups is 1. The van der Waals surface area contributed by atoms with Crippen molar-refractivity contribution in [2.75, 3.05) is 0 Å². The summed E-state index contributed by atoms with van der Waals surface area (Å²) in [5, 5.41) is 12.5. The summed E-state index contributed by atoms with van der Waals surface area (Å²) >= 11 is 0. The summed E-state index contributed by atoms with van der Waals surface area (Å²) in [6.07, 6.45) is 3.57. The molecule has 8 nitrogen and oxygen atoms in total. The highest BCUT2D eigenvalue weighted by Gasteiger charge is 2.41. The number of benzene rings is 2. The molecule has 0 saturated heterocycles. The number of nitriles is 1. The Balaban J connectivity index is 1.57. The fourth-order valence-electron chi connectivity index (χ4n) is 4.75. The molecule has 37 heavy (non-hydrogen) atoms. The minimum atomic E-state index is -0.576. The summed E-state index contributed by atoms with van der Waals surface area (Å²) in [6, 6.07) is 19.4. The van der Waals surface area contributed by atoms with Crippen molar-refractivity contribution in [3.63, 3.8) is 0 Å². The Hall–Kier alpha value is -4.38. The summed E-state index contributed by atoms with van der Waals surface area (Å²) in [4.78, 5) is 30.1. The molecule has 2 aromatic carbocycles. The lowest BCUT2D eigenvalue weighted by atomic mass is 9.71. The van der Waals surface area contributed by atoms with E-state index in [9.17, 15) is 9.59 Å². The Morgan fingerprint density at radius 2 is 1.84 bits per heavy atom. The van der Waals surface area contributed by atoms with Crippen molar-refractivity contribution >= 4 is 17.2 Å². The van der Waals surface area contributed by atoms with Crippen LogP contribution in [0.2, 0.25) is 0 Å². The van der Waals surface area contributed by atoms with Gasteiger partial charge in [0.2, 0.25) is 5.71 Å². The molecule has 0 unspecified atom stereocenters. The standard InChI is InChI=1S/C29H28N4O4/c1-28(2,3)37-27(35)32-29(14-7-15-29)21-12-10-20(11-13-21)24-22(19-8-5-4-6-9-19)23-25(36-24)31-18-33(17-16-30)26(23)34/h4-6,8-13,18H,7,14-15,17H2,1-3H3,(H,32,35). The van der Waals surface area contributed by atoms with Gasteiger partial charge in [0.15, 0.2) is 0 Å². The lowest BCUT2D eigenvalue weighted by molar-refractivity contribution is 0.0377. The van der Waals surface area contributed by atoms with Crippen LogP contribution in [-0.2, 0) is 16.8 Å². The number of hydrogen-bond acceptors (Lipinski definition) is 6. The van der Waals surface area contributed by atoms with Gasteiger partial charge in [0.25, 0.3) is 5.56 Å². The third kappa shape index (κ3) is 4.60. The Morgan fingerprint density at radius 1 is 1.14 bits per heavy atom. The number of furan rings is 1. The number of alkyl carbamates (subject to hydrolysis) is 1. The normalized spacial score (nSPS) is 14.5. The molecule has 4 aromatic rings. The van der Waals surface area contributed by atoms with E-state index in [1.165, 1.54) is 10.9 Å². The van der Waals surface area contributed by atoms with Gasteiger partial charge >= 0.3 is 6.09 Å². The van der Waals surface area contributed by atoms with Crippen molar-refractivity contribution in [3.8, 4) is 28.5 Å². The molecule has 1 N–H and O–H groups in total. The molecule has 0 radical (unpaired) electrons. The van der Waals surface area contributed by atoms with E-state index in [4.69, 9.17) is 14.4 Å². The fraction of sp³-hybridized carbons (Fsp3) is 0.310. The van der Waals surface area contributed by atoms with E-state index in [2.05, 4.69) is 10.3 Å². The van der Waals surface area contributed by atoms with Gasteiger partial charge in [0.05, 0.1) is 11.6 Å². The Morgan fingerprint density at radius 3 is 2.43 bits per heavy atom. The second kappa shape index (κ2) is 9.25. The molecule has 0 spiro atoms. The molecule has 8 heteroatoms. The first-order valence-electron chi connectivity index (χ1n) is 12.3. The monoisotopic (exact) mass is 496 g/mol. The SMILES string of the molecule is CC(C)(C)OC(=O)NC1(c2ccc(-c3oc4ncn(CC#N)c(=O)c4c3-c3ccccc3)cc2)CCC1. The van der Waals surface area contributed by atoms with Gasteiger partial charge in [-0.15, -0.1) is 0 Å². The van der Waals surface area contributed by atoms with Crippen molar-refractivity contribution in [2.45, 2.75) is 57.7 Å². The second-order valence-electron chi connectivity index (χ2n) is 10.3. The van der Waals surface area contributed by atoms with Crippen LogP contribution in [0.5, 0.6) is 0 Å². The molecule has 1 saturated carbocycles. The number of hydrogen-bond donors (Lipinski definition) is 1. The Bertz CT molecular complexity index is 1550. The number of carbonyl (C=O) groups excluding carboxylic acids is 1. The molecule has 1 fully saturated rings. The number of nitrogens with zero attached hydrogens (tertiary/aromatic N) is 3. The van der Waals surface area contributed by atoms with E-state index >= 15 is 0 Å². The number of aromatic nitrogens is 2. The molecule has 2 aromatic heterocycles. The third-order valence-electron chi connectivity index (χ3n) is 6.63. The Labute approximate surface area is 214 Å². The molecule has 1 aliphatic carbocycles. The van der Waals surface area contributed by atoms with E-state index in [-0.39, 0.29) is 17.8 Å². The lowest BCUT2D eigenvalue weighted by Gasteiger charge is -2.43. The predicted octanol–water partition coefficient (Wildman–Crippen LogP) is 5.75. The highest BCUT2D eigenvalue weighted by Crippen LogP contribution is 2.43. The second-order valence-corrected chi connectivity index (χ2v) is 10.3. The highest BCUT2D eigenvalue weighted by molar-refractivity contribution is 5.99. The smallest absolute Gasteiger partial charge is 0.408 e. The van der Waals surface area contributed by atoms with Gasteiger partial charge in [-0.3, -0.25) is 9.36 Å². The number of nitrogens with one attached hydrogen (secondary N) is 1. The van der Waals surface area contributed by atoms with Gasteiger partial charge in [-0.25, -0.2) is 9.78 Å². The number of amides is 1. The van der Waals surface area contributed by atoms with Crippen molar-refractivity contribution in [1.29, 1.82) is 5.26 Å². The topological polar surface area (TPSA) is 110 Å². The van der Waals surface area contributed by atoms with E-state index in [0.29, 0.717) is 16.7 Å². The zero-order chi connectivity index (χ0) is 26.2. The maximum atomic E-state index is 13.3. The average molecular weight is 497 g/mol. The largest absolute Gasteiger partial charge is 0.444 e. The first-order chi connectivity index (χ1) is 17.7. The number of rotatable bonds is 5. The van der Waals surface area contributed by atoms with Crippen molar-refractivity contribution < 1.29 is 13.9 Å². The summed E-state index contributed by atoms with van der Waals surface area (Å²) in [7, 11) is 0. The summed E-state index contributed by atoms with van der Waals surface area (Å²) in [5.74, 6) is 0.523. The van der Waals surface area contributed by atoms with Crippen LogP contribution in [0.3, 0.4) is 0 Å². The molecule has 5 rings (SSSR count). The van der Waals surface area contributed by atoms with Crippen LogP contribution in [-0.4, -0.2) is 21.2 Å². The first kappa shape index (κ1) is 24.3. The quantitative estimate of drug-likeness (QED) is 0.377. The fourth-order valence-corrected chi connectivity index (χ4v) is 4.75. The third-order valence-corrected chi connectivity index (χ3v) is 6.63. The van der Waals surface area contributed by atoms with Gasteiger partial charge in [0.1, 0.15) is 29.6 Å². The van der Waals surface area contributed by atoms with Crippen molar-refractivity contribution in [2.24, 2.45) is 0 Å². The molecule has 0 bridgehead atoms. The zero-order valence-corrected chi connectivity index (χ0v) is 21.1. The summed E-state index contributed by atoms with van der Waals surface area (Å²) in [5.41, 5.74) is 2.07. The molecule has 188 valence electrons. The molecule has 2 heterocycles. The average Bonchev–Trinajstić information content (AvgIpc) is 3.23. The first-order valence-corrected chi connectivity index (χ1v) is 12.3. The number of fused-ring (bicyclic) bond motifs is 1. The van der Waals surface area contributed by atoms with Crippen LogP contribution in [0.4, 0.5) is 4.79 Å². The van der Waals surface area contributed by atoms with Crippen LogP contribution in [0.1, 0.15) is 45.6 Å². The summed E-state index contributed by atoms with van der Waals surface area (Å²) in [6.45, 7) is 5.43. The summed E-state index contributed by atoms with van der Waals surface area (Å²) < 4.78 is 12.9. The van der Waals surface area contributed by atoms with E-state index in [0.717, 1.165) is 36.0 Å². The zero-order valence-electron chi connectivity index (χ0n) is 21.1. The number of ether oxygens (including phenoxy) is 1. The van der Waals surface area contributed by atoms with Crippen molar-refractivity contribution in [1.82, 2.24) is 14.9 Å². The van der Waals surface area contributed by atoms with Crippen LogP contribution >= 0.6 is 0 Å². The molecular weight excluding hydrogens is 468 g/mol. The van der Waals surface area contributed by atoms with Crippen LogP contribution in [0.25, 0.3) is 33.6 Å². The molecular formula is C29H28N4O4. The molecule has 1 aliphatic rings. The van der Waals surface area contributed by atoms with E-state index < -0.39 is 17.2 Å². The van der Waals surface area contributed by atoms with Gasteiger partial charge in [-0.05, 0) is 51.2 Å². The molecule has 0 atom stereocenters. The van der Waals surface area contributed by atoms with Gasteiger partial charge in [0, 0.05) is 11.1 Å². The van der Waals surface area contributed by atoms with Crippen molar-refractivity contribution in [3.05, 3.63) is 76.8 Å². The van der Waals surface area contributed by atoms with Crippen LogP contribution < -0.4 is 10.9 Å². The lowest BCUT2D eigenvalue weighted by Crippen LogP contribution is -2.52. The molecule has 0 aliphatic heterocycles. The maximum absolute atomic E-state index is 13.3. The van der Waals surface area contributed by atoms with Crippen LogP contribution in [0, 0.1) is 11.3 Å². The van der Waals surface area contributed by atoms with E-state index in [1.807, 2.05) is 81.4 Å². The minimum absolute atomic E-state index is 0.0993. The van der Waals surface area contributed by atoms with Gasteiger partial charge in [-0.1, -0.05) is 54.6 Å². The van der Waals surface area contributed by atoms with Gasteiger partial charge in [-0.2, -0.15) is 5.26 Å². The Kier molecular flexibility index (Phi) is 6.08. The minimum Gasteiger partial charge on any atom is -0.444 e. The molecule has 1 amide bonds. The predicted molar refractivity (Wildman–Crippen MR) is 140 cm³/mol. The van der Waals surface area contributed by atoms with Gasteiger partial charge < -0.3 is 14.5 Å². The van der Waals surface area contributed by atoms with E-state index in [1.54, 1.807) is 0 Å².